The second-order valence-corrected chi connectivity index (χ2v) is 9.81. The Kier molecular flexibility index (Phi) is 6.54. The van der Waals surface area contributed by atoms with Crippen LogP contribution in [0.5, 0.6) is 11.5 Å². The van der Waals surface area contributed by atoms with Gasteiger partial charge in [0.25, 0.3) is 5.91 Å². The molecule has 0 spiro atoms. The number of carbonyl (C=O) groups excluding carboxylic acids is 3. The van der Waals surface area contributed by atoms with E-state index in [1.807, 2.05) is 78.9 Å². The van der Waals surface area contributed by atoms with Crippen molar-refractivity contribution in [2.75, 3.05) is 26.9 Å². The third kappa shape index (κ3) is 4.74. The first-order chi connectivity index (χ1) is 19.0. The van der Waals surface area contributed by atoms with Gasteiger partial charge in [-0.1, -0.05) is 66.7 Å². The quantitative estimate of drug-likeness (QED) is 0.549. The molecular formula is C29H29N5O5. The Bertz CT molecular complexity index is 1390. The van der Waals surface area contributed by atoms with Crippen LogP contribution in [0.1, 0.15) is 22.7 Å². The lowest BCUT2D eigenvalue weighted by Crippen LogP contribution is -2.73. The molecular weight excluding hydrogens is 498 g/mol. The van der Waals surface area contributed by atoms with Gasteiger partial charge in [-0.25, -0.2) is 14.8 Å². The highest BCUT2D eigenvalue weighted by Gasteiger charge is 2.51. The number of fused-ring (bicyclic) bond motifs is 2. The number of hydrazine groups is 1. The highest BCUT2D eigenvalue weighted by molar-refractivity contribution is 5.92. The van der Waals surface area contributed by atoms with Crippen molar-refractivity contribution in [1.82, 2.24) is 25.1 Å². The number of urea groups is 1. The normalized spacial score (nSPS) is 20.7. The summed E-state index contributed by atoms with van der Waals surface area (Å²) in [5, 5.41) is 6.16. The smallest absolute Gasteiger partial charge is 0.334 e. The molecule has 3 aliphatic rings. The van der Waals surface area contributed by atoms with E-state index < -0.39 is 12.2 Å². The highest BCUT2D eigenvalue weighted by atomic mass is 16.7. The van der Waals surface area contributed by atoms with Gasteiger partial charge in [-0.2, -0.15) is 0 Å². The number of amides is 4. The van der Waals surface area contributed by atoms with Crippen molar-refractivity contribution in [3.8, 4) is 11.5 Å². The average Bonchev–Trinajstić information content (AvgIpc) is 3.42. The molecule has 0 radical (unpaired) electrons. The van der Waals surface area contributed by atoms with Crippen LogP contribution in [0.2, 0.25) is 0 Å². The van der Waals surface area contributed by atoms with Gasteiger partial charge in [0.15, 0.2) is 11.5 Å². The largest absolute Gasteiger partial charge is 0.454 e. The number of benzene rings is 3. The standard InChI is InChI=1S/C29H29N5O5/c1-31-18-26(35)33-25(34(31)29(37)30-15-20-8-4-2-5-9-20)17-32(28(36)27(33)22-10-6-3-7-11-22)16-21-12-13-23-24(14-21)39-19-38-23/h2-14,25,27H,15-19H2,1H3,(H,30,37)/t25-,27-/m0/s1. The zero-order chi connectivity index (χ0) is 26.9. The molecule has 3 aromatic rings. The molecule has 2 fully saturated rings. The Morgan fingerprint density at radius 1 is 0.923 bits per heavy atom. The van der Waals surface area contributed by atoms with Crippen molar-refractivity contribution >= 4 is 17.8 Å². The first-order valence-electron chi connectivity index (χ1n) is 12.8. The van der Waals surface area contributed by atoms with Crippen molar-refractivity contribution < 1.29 is 23.9 Å². The van der Waals surface area contributed by atoms with Crippen LogP contribution >= 0.6 is 0 Å². The molecule has 0 aromatic heterocycles. The van der Waals surface area contributed by atoms with Crippen LogP contribution < -0.4 is 14.8 Å². The molecule has 2 saturated heterocycles. The SMILES string of the molecule is CN1CC(=O)N2[C@@H](c3ccccc3)C(=O)N(Cc3ccc4c(c3)OCO4)C[C@@H]2N1C(=O)NCc1ccccc1. The lowest BCUT2D eigenvalue weighted by Gasteiger charge is -2.54. The van der Waals surface area contributed by atoms with Crippen molar-refractivity contribution in [1.29, 1.82) is 0 Å². The number of ether oxygens (including phenoxy) is 2. The first kappa shape index (κ1) is 24.7. The van der Waals surface area contributed by atoms with Gasteiger partial charge in [-0.3, -0.25) is 9.59 Å². The maximum Gasteiger partial charge on any atom is 0.334 e. The Balaban J connectivity index is 1.32. The average molecular weight is 528 g/mol. The fraction of sp³-hybridized carbons (Fsp3) is 0.276. The number of hydrogen-bond donors (Lipinski definition) is 1. The number of rotatable bonds is 5. The van der Waals surface area contributed by atoms with Crippen molar-refractivity contribution in [3.05, 3.63) is 95.6 Å². The molecule has 4 amide bonds. The maximum atomic E-state index is 14.0. The van der Waals surface area contributed by atoms with E-state index in [4.69, 9.17) is 9.47 Å². The Morgan fingerprint density at radius 2 is 1.64 bits per heavy atom. The van der Waals surface area contributed by atoms with Crippen LogP contribution in [0.15, 0.2) is 78.9 Å². The van der Waals surface area contributed by atoms with Crippen LogP contribution in [-0.2, 0) is 22.7 Å². The van der Waals surface area contributed by atoms with Crippen molar-refractivity contribution in [3.63, 3.8) is 0 Å². The molecule has 0 saturated carbocycles. The molecule has 6 rings (SSSR count). The van der Waals surface area contributed by atoms with Crippen molar-refractivity contribution in [2.24, 2.45) is 0 Å². The van der Waals surface area contributed by atoms with Crippen LogP contribution in [0.25, 0.3) is 0 Å². The van der Waals surface area contributed by atoms with Gasteiger partial charge in [0, 0.05) is 20.1 Å². The number of hydrogen-bond acceptors (Lipinski definition) is 6. The highest BCUT2D eigenvalue weighted by Crippen LogP contribution is 2.37. The summed E-state index contributed by atoms with van der Waals surface area (Å²) in [6, 6.07) is 23.3. The molecule has 39 heavy (non-hydrogen) atoms. The third-order valence-corrected chi connectivity index (χ3v) is 7.25. The summed E-state index contributed by atoms with van der Waals surface area (Å²) < 4.78 is 11.0. The topological polar surface area (TPSA) is 94.7 Å². The monoisotopic (exact) mass is 527 g/mol. The van der Waals surface area contributed by atoms with E-state index >= 15 is 0 Å². The maximum absolute atomic E-state index is 14.0. The van der Waals surface area contributed by atoms with E-state index in [2.05, 4.69) is 5.32 Å². The van der Waals surface area contributed by atoms with E-state index in [-0.39, 0.29) is 37.7 Å². The summed E-state index contributed by atoms with van der Waals surface area (Å²) in [6.07, 6.45) is -0.691. The van der Waals surface area contributed by atoms with E-state index in [9.17, 15) is 14.4 Å². The van der Waals surface area contributed by atoms with Crippen LogP contribution in [0, 0.1) is 0 Å². The Hall–Kier alpha value is -4.57. The number of nitrogens with one attached hydrogen (secondary N) is 1. The third-order valence-electron chi connectivity index (χ3n) is 7.25. The summed E-state index contributed by atoms with van der Waals surface area (Å²) in [6.45, 7) is 0.933. The summed E-state index contributed by atoms with van der Waals surface area (Å²) in [5.41, 5.74) is 2.53. The first-order valence-corrected chi connectivity index (χ1v) is 12.8. The fourth-order valence-corrected chi connectivity index (χ4v) is 5.41. The lowest BCUT2D eigenvalue weighted by molar-refractivity contribution is -0.188. The summed E-state index contributed by atoms with van der Waals surface area (Å²) in [4.78, 5) is 44.2. The Morgan fingerprint density at radius 3 is 2.41 bits per heavy atom. The predicted molar refractivity (Wildman–Crippen MR) is 141 cm³/mol. The van der Waals surface area contributed by atoms with Gasteiger partial charge in [-0.05, 0) is 28.8 Å². The van der Waals surface area contributed by atoms with E-state index in [1.54, 1.807) is 26.9 Å². The number of piperazine rings is 1. The van der Waals surface area contributed by atoms with E-state index in [0.717, 1.165) is 11.1 Å². The minimum Gasteiger partial charge on any atom is -0.454 e. The molecule has 3 heterocycles. The predicted octanol–water partition coefficient (Wildman–Crippen LogP) is 2.73. The number of likely N-dealkylation sites (N-methyl/N-ethyl adjacent to an activating group) is 1. The summed E-state index contributed by atoms with van der Waals surface area (Å²) in [7, 11) is 1.72. The van der Waals surface area contributed by atoms with Gasteiger partial charge < -0.3 is 24.6 Å². The molecule has 0 bridgehead atoms. The van der Waals surface area contributed by atoms with Gasteiger partial charge in [0.1, 0.15) is 12.2 Å². The number of nitrogens with zero attached hydrogens (tertiary/aromatic N) is 4. The van der Waals surface area contributed by atoms with Crippen LogP contribution in [0.4, 0.5) is 4.79 Å². The number of carbonyl (C=O) groups is 3. The van der Waals surface area contributed by atoms with Crippen molar-refractivity contribution in [2.45, 2.75) is 25.3 Å². The van der Waals surface area contributed by atoms with Gasteiger partial charge in [0.05, 0.1) is 13.1 Å². The minimum atomic E-state index is -0.857. The van der Waals surface area contributed by atoms with Crippen LogP contribution in [0.3, 0.4) is 0 Å². The molecule has 3 aliphatic heterocycles. The Labute approximate surface area is 226 Å². The van der Waals surface area contributed by atoms with Gasteiger partial charge >= 0.3 is 6.03 Å². The van der Waals surface area contributed by atoms with Gasteiger partial charge in [0.2, 0.25) is 12.7 Å². The molecule has 200 valence electrons. The van der Waals surface area contributed by atoms with E-state index in [1.165, 1.54) is 0 Å². The molecule has 3 aromatic carbocycles. The molecule has 10 heteroatoms. The second kappa shape index (κ2) is 10.3. The van der Waals surface area contributed by atoms with E-state index in [0.29, 0.717) is 30.2 Å². The zero-order valence-corrected chi connectivity index (χ0v) is 21.5. The van der Waals surface area contributed by atoms with Gasteiger partial charge in [-0.15, -0.1) is 0 Å². The molecule has 10 nitrogen and oxygen atoms in total. The molecule has 1 N–H and O–H groups in total. The molecule has 0 unspecified atom stereocenters. The zero-order valence-electron chi connectivity index (χ0n) is 21.5. The minimum absolute atomic E-state index is 0.0198. The molecule has 0 aliphatic carbocycles. The summed E-state index contributed by atoms with van der Waals surface area (Å²) >= 11 is 0. The summed E-state index contributed by atoms with van der Waals surface area (Å²) in [5.74, 6) is 0.891. The second-order valence-electron chi connectivity index (χ2n) is 9.81. The molecule has 2 atom stereocenters. The lowest BCUT2D eigenvalue weighted by atomic mass is 9.98. The fourth-order valence-electron chi connectivity index (χ4n) is 5.41. The van der Waals surface area contributed by atoms with Crippen LogP contribution in [-0.4, -0.2) is 70.8 Å².